The molecule has 0 aliphatic heterocycles. The highest BCUT2D eigenvalue weighted by molar-refractivity contribution is 5.86. The van der Waals surface area contributed by atoms with Crippen LogP contribution >= 0.6 is 0 Å². The average Bonchev–Trinajstić information content (AvgIpc) is 2.53. The van der Waals surface area contributed by atoms with Crippen molar-refractivity contribution in [1.29, 1.82) is 0 Å². The van der Waals surface area contributed by atoms with Crippen molar-refractivity contribution in [2.75, 3.05) is 10.6 Å². The van der Waals surface area contributed by atoms with E-state index in [1.54, 1.807) is 37.6 Å². The molecule has 1 heterocycles. The molecule has 1 aromatic carbocycles. The number of amides is 1. The van der Waals surface area contributed by atoms with Gasteiger partial charge in [0.05, 0.1) is 11.9 Å². The van der Waals surface area contributed by atoms with E-state index in [-0.39, 0.29) is 23.2 Å². The predicted octanol–water partition coefficient (Wildman–Crippen LogP) is 3.80. The molecule has 2 aromatic rings. The molecule has 2 rings (SSSR count). The topological polar surface area (TPSA) is 105 Å². The Balaban J connectivity index is 2.43. The Morgan fingerprint density at radius 1 is 1.29 bits per heavy atom. The number of phenols is 1. The van der Waals surface area contributed by atoms with Crippen LogP contribution in [-0.2, 0) is 11.3 Å². The summed E-state index contributed by atoms with van der Waals surface area (Å²) in [6.45, 7) is 11.4. The predicted molar refractivity (Wildman–Crippen MR) is 110 cm³/mol. The monoisotopic (exact) mass is 388 g/mol. The molecule has 3 N–H and O–H groups in total. The third-order valence-electron chi connectivity index (χ3n) is 3.65. The third kappa shape index (κ3) is 5.48. The fourth-order valence-electron chi connectivity index (χ4n) is 2.66. The second-order valence-electron chi connectivity index (χ2n) is 7.74. The summed E-state index contributed by atoms with van der Waals surface area (Å²) < 4.78 is 6.80. The van der Waals surface area contributed by atoms with Crippen LogP contribution in [0.5, 0.6) is 5.75 Å². The zero-order chi connectivity index (χ0) is 21.1. The number of hydrogen-bond acceptors (Lipinski definition) is 6. The molecule has 0 aliphatic carbocycles. The van der Waals surface area contributed by atoms with E-state index in [1.165, 1.54) is 12.1 Å². The summed E-state index contributed by atoms with van der Waals surface area (Å²) in [5, 5.41) is 15.7. The lowest BCUT2D eigenvalue weighted by molar-refractivity contribution is 0.0636. The molecule has 1 amide bonds. The first-order valence-corrected chi connectivity index (χ1v) is 9.21. The van der Waals surface area contributed by atoms with E-state index in [0.717, 1.165) is 0 Å². The van der Waals surface area contributed by atoms with Gasteiger partial charge in [-0.25, -0.2) is 9.78 Å². The summed E-state index contributed by atoms with van der Waals surface area (Å²) in [5.41, 5.74) is 0.538. The number of hydrogen-bond donors (Lipinski definition) is 3. The van der Waals surface area contributed by atoms with Gasteiger partial charge in [0.25, 0.3) is 5.56 Å². The average molecular weight is 388 g/mol. The summed E-state index contributed by atoms with van der Waals surface area (Å²) in [7, 11) is 0. The second-order valence-corrected chi connectivity index (χ2v) is 7.74. The summed E-state index contributed by atoms with van der Waals surface area (Å²) in [5.74, 6) is 0.218. The zero-order valence-corrected chi connectivity index (χ0v) is 17.2. The molecule has 0 unspecified atom stereocenters. The van der Waals surface area contributed by atoms with E-state index in [2.05, 4.69) is 15.6 Å². The zero-order valence-electron chi connectivity index (χ0n) is 17.2. The van der Waals surface area contributed by atoms with Gasteiger partial charge in [0, 0.05) is 29.9 Å². The van der Waals surface area contributed by atoms with Crippen LogP contribution in [0.3, 0.4) is 0 Å². The van der Waals surface area contributed by atoms with E-state index < -0.39 is 11.7 Å². The number of aromatic nitrogens is 2. The van der Waals surface area contributed by atoms with Crippen molar-refractivity contribution < 1.29 is 14.6 Å². The van der Waals surface area contributed by atoms with Crippen LogP contribution in [0.1, 0.15) is 41.5 Å². The SMILES string of the molecule is CCn1c(-c2cc(O)cc(NC(=O)OC(C)(C)C)c2)cnc(NC(C)C)c1=O. The minimum absolute atomic E-state index is 0.0527. The molecule has 0 saturated carbocycles. The minimum Gasteiger partial charge on any atom is -0.508 e. The Morgan fingerprint density at radius 3 is 2.54 bits per heavy atom. The summed E-state index contributed by atoms with van der Waals surface area (Å²) in [6, 6.07) is 4.64. The van der Waals surface area contributed by atoms with E-state index in [1.807, 2.05) is 20.8 Å². The van der Waals surface area contributed by atoms with Crippen LogP contribution < -0.4 is 16.2 Å². The van der Waals surface area contributed by atoms with Crippen LogP contribution in [0.4, 0.5) is 16.3 Å². The third-order valence-corrected chi connectivity index (χ3v) is 3.65. The van der Waals surface area contributed by atoms with Gasteiger partial charge in [0.15, 0.2) is 5.82 Å². The van der Waals surface area contributed by atoms with Gasteiger partial charge >= 0.3 is 6.09 Å². The van der Waals surface area contributed by atoms with Crippen molar-refractivity contribution in [2.45, 2.75) is 59.7 Å². The minimum atomic E-state index is -0.643. The van der Waals surface area contributed by atoms with Crippen LogP contribution in [0.15, 0.2) is 29.2 Å². The first-order valence-electron chi connectivity index (χ1n) is 9.21. The highest BCUT2D eigenvalue weighted by Gasteiger charge is 2.17. The van der Waals surface area contributed by atoms with Crippen molar-refractivity contribution in [1.82, 2.24) is 9.55 Å². The van der Waals surface area contributed by atoms with Gasteiger partial charge in [-0.05, 0) is 53.7 Å². The molecule has 1 aromatic heterocycles. The molecule has 28 heavy (non-hydrogen) atoms. The number of phenolic OH excluding ortho intramolecular Hbond substituents is 1. The van der Waals surface area contributed by atoms with Crippen molar-refractivity contribution in [2.24, 2.45) is 0 Å². The number of nitrogens with zero attached hydrogens (tertiary/aromatic N) is 2. The van der Waals surface area contributed by atoms with Gasteiger partial charge in [0.1, 0.15) is 11.4 Å². The molecule has 0 fully saturated rings. The smallest absolute Gasteiger partial charge is 0.412 e. The normalized spacial score (nSPS) is 11.4. The fraction of sp³-hybridized carbons (Fsp3) is 0.450. The van der Waals surface area contributed by atoms with Gasteiger partial charge in [-0.15, -0.1) is 0 Å². The number of nitrogens with one attached hydrogen (secondary N) is 2. The maximum Gasteiger partial charge on any atom is 0.412 e. The maximum absolute atomic E-state index is 12.7. The highest BCUT2D eigenvalue weighted by Crippen LogP contribution is 2.28. The molecule has 0 spiro atoms. The standard InChI is InChI=1S/C20H28N4O4/c1-7-24-16(11-21-17(18(24)26)22-12(2)3)13-8-14(10-15(25)9-13)23-19(27)28-20(4,5)6/h8-12,25H,7H2,1-6H3,(H,21,22)(H,23,27). The Morgan fingerprint density at radius 2 is 1.96 bits per heavy atom. The number of ether oxygens (including phenoxy) is 1. The van der Waals surface area contributed by atoms with Crippen LogP contribution in [0.25, 0.3) is 11.3 Å². The van der Waals surface area contributed by atoms with Gasteiger partial charge in [-0.3, -0.25) is 10.1 Å². The first-order chi connectivity index (χ1) is 13.0. The largest absolute Gasteiger partial charge is 0.508 e. The lowest BCUT2D eigenvalue weighted by Crippen LogP contribution is -2.28. The Hall–Kier alpha value is -3.03. The molecule has 0 saturated heterocycles. The number of carbonyl (C=O) groups excluding carboxylic acids is 1. The Kier molecular flexibility index (Phi) is 6.33. The van der Waals surface area contributed by atoms with Crippen molar-refractivity contribution in [3.63, 3.8) is 0 Å². The number of aromatic hydroxyl groups is 1. The van der Waals surface area contributed by atoms with Gasteiger partial charge < -0.3 is 19.7 Å². The van der Waals surface area contributed by atoms with Crippen LogP contribution in [0, 0.1) is 0 Å². The molecule has 0 atom stereocenters. The van der Waals surface area contributed by atoms with Gasteiger partial charge in [0.2, 0.25) is 0 Å². The van der Waals surface area contributed by atoms with E-state index in [9.17, 15) is 14.7 Å². The van der Waals surface area contributed by atoms with Gasteiger partial charge in [-0.1, -0.05) is 0 Å². The van der Waals surface area contributed by atoms with E-state index in [0.29, 0.717) is 23.5 Å². The van der Waals surface area contributed by atoms with Crippen LogP contribution in [-0.4, -0.2) is 32.4 Å². The molecule has 0 bridgehead atoms. The lowest BCUT2D eigenvalue weighted by atomic mass is 10.1. The molecule has 8 heteroatoms. The van der Waals surface area contributed by atoms with Crippen molar-refractivity contribution >= 4 is 17.6 Å². The fourth-order valence-corrected chi connectivity index (χ4v) is 2.66. The second kappa shape index (κ2) is 8.33. The Bertz CT molecular complexity index is 913. The molecule has 0 aliphatic rings. The number of carbonyl (C=O) groups is 1. The number of anilines is 2. The quantitative estimate of drug-likeness (QED) is 0.719. The highest BCUT2D eigenvalue weighted by atomic mass is 16.6. The molecule has 152 valence electrons. The number of benzene rings is 1. The van der Waals surface area contributed by atoms with Crippen molar-refractivity contribution in [3.05, 3.63) is 34.7 Å². The lowest BCUT2D eigenvalue weighted by Gasteiger charge is -2.20. The molecular formula is C20H28N4O4. The molecule has 8 nitrogen and oxygen atoms in total. The summed E-state index contributed by atoms with van der Waals surface area (Å²) in [4.78, 5) is 29.0. The summed E-state index contributed by atoms with van der Waals surface area (Å²) >= 11 is 0. The van der Waals surface area contributed by atoms with E-state index in [4.69, 9.17) is 4.74 Å². The Labute approximate surface area is 164 Å². The molecular weight excluding hydrogens is 360 g/mol. The maximum atomic E-state index is 12.7. The molecule has 0 radical (unpaired) electrons. The van der Waals surface area contributed by atoms with Crippen LogP contribution in [0.2, 0.25) is 0 Å². The summed E-state index contributed by atoms with van der Waals surface area (Å²) in [6.07, 6.45) is 0.938. The van der Waals surface area contributed by atoms with Crippen molar-refractivity contribution in [3.8, 4) is 17.0 Å². The first kappa shape index (κ1) is 21.3. The number of rotatable bonds is 5. The van der Waals surface area contributed by atoms with Gasteiger partial charge in [-0.2, -0.15) is 0 Å². The van der Waals surface area contributed by atoms with E-state index >= 15 is 0 Å².